The number of hydrogen-bond donors (Lipinski definition) is 2. The second kappa shape index (κ2) is 4.98. The number of fused-ring (bicyclic) bond motifs is 1. The van der Waals surface area contributed by atoms with Gasteiger partial charge in [-0.15, -0.1) is 11.3 Å². The SMILES string of the molecule is C[C@H](O)c1cc([N+](=O)[O-])c(N2CC3CCC(O)C3C2)s1. The summed E-state index contributed by atoms with van der Waals surface area (Å²) in [5, 5.41) is 31.4. The number of hydrogen-bond acceptors (Lipinski definition) is 6. The molecule has 4 atom stereocenters. The van der Waals surface area contributed by atoms with Crippen molar-refractivity contribution in [1.82, 2.24) is 0 Å². The van der Waals surface area contributed by atoms with Gasteiger partial charge in [0.05, 0.1) is 17.1 Å². The van der Waals surface area contributed by atoms with Gasteiger partial charge in [-0.25, -0.2) is 0 Å². The molecule has 1 saturated heterocycles. The van der Waals surface area contributed by atoms with Crippen molar-refractivity contribution in [3.05, 3.63) is 21.1 Å². The van der Waals surface area contributed by atoms with Crippen LogP contribution in [0.15, 0.2) is 6.07 Å². The molecule has 3 unspecified atom stereocenters. The molecule has 1 aromatic heterocycles. The number of rotatable bonds is 3. The Morgan fingerprint density at radius 1 is 1.50 bits per heavy atom. The molecule has 2 heterocycles. The molecular weight excluding hydrogens is 280 g/mol. The van der Waals surface area contributed by atoms with Crippen molar-refractivity contribution in [3.8, 4) is 0 Å². The third-order valence-electron chi connectivity index (χ3n) is 4.43. The fourth-order valence-corrected chi connectivity index (χ4v) is 4.44. The molecule has 3 rings (SSSR count). The van der Waals surface area contributed by atoms with Gasteiger partial charge in [0.15, 0.2) is 5.00 Å². The highest BCUT2D eigenvalue weighted by Gasteiger charge is 2.43. The maximum Gasteiger partial charge on any atom is 0.304 e. The lowest BCUT2D eigenvalue weighted by atomic mass is 10.00. The molecule has 2 fully saturated rings. The monoisotopic (exact) mass is 298 g/mol. The van der Waals surface area contributed by atoms with E-state index >= 15 is 0 Å². The van der Waals surface area contributed by atoms with E-state index in [1.54, 1.807) is 6.92 Å². The van der Waals surface area contributed by atoms with Crippen LogP contribution in [0.3, 0.4) is 0 Å². The van der Waals surface area contributed by atoms with Crippen molar-refractivity contribution in [2.45, 2.75) is 32.0 Å². The topological polar surface area (TPSA) is 86.8 Å². The molecule has 1 aliphatic heterocycles. The summed E-state index contributed by atoms with van der Waals surface area (Å²) < 4.78 is 0. The van der Waals surface area contributed by atoms with Crippen molar-refractivity contribution in [2.75, 3.05) is 18.0 Å². The van der Waals surface area contributed by atoms with E-state index in [9.17, 15) is 20.3 Å². The Balaban J connectivity index is 1.89. The minimum absolute atomic E-state index is 0.0698. The normalized spacial score (nSPS) is 30.6. The lowest BCUT2D eigenvalue weighted by Crippen LogP contribution is -2.24. The van der Waals surface area contributed by atoms with E-state index in [0.717, 1.165) is 19.4 Å². The summed E-state index contributed by atoms with van der Waals surface area (Å²) >= 11 is 1.29. The Morgan fingerprint density at radius 2 is 2.25 bits per heavy atom. The average Bonchev–Trinajstić information content (AvgIpc) is 3.04. The van der Waals surface area contributed by atoms with Crippen LogP contribution >= 0.6 is 11.3 Å². The molecule has 0 aromatic carbocycles. The molecule has 110 valence electrons. The van der Waals surface area contributed by atoms with Crippen molar-refractivity contribution in [3.63, 3.8) is 0 Å². The summed E-state index contributed by atoms with van der Waals surface area (Å²) in [7, 11) is 0. The smallest absolute Gasteiger partial charge is 0.304 e. The van der Waals surface area contributed by atoms with Gasteiger partial charge in [-0.05, 0) is 25.7 Å². The van der Waals surface area contributed by atoms with Crippen LogP contribution in [-0.4, -0.2) is 34.3 Å². The minimum Gasteiger partial charge on any atom is -0.393 e. The molecule has 2 aliphatic rings. The maximum absolute atomic E-state index is 11.2. The lowest BCUT2D eigenvalue weighted by Gasteiger charge is -2.17. The Labute approximate surface area is 120 Å². The van der Waals surface area contributed by atoms with Gasteiger partial charge in [0.2, 0.25) is 0 Å². The second-order valence-electron chi connectivity index (χ2n) is 5.75. The van der Waals surface area contributed by atoms with Gasteiger partial charge in [0.1, 0.15) is 0 Å². The number of thiophene rings is 1. The zero-order valence-corrected chi connectivity index (χ0v) is 12.0. The first-order valence-electron chi connectivity index (χ1n) is 6.86. The zero-order valence-electron chi connectivity index (χ0n) is 11.2. The van der Waals surface area contributed by atoms with Crippen molar-refractivity contribution >= 4 is 22.0 Å². The van der Waals surface area contributed by atoms with Gasteiger partial charge in [-0.3, -0.25) is 10.1 Å². The molecule has 0 bridgehead atoms. The van der Waals surface area contributed by atoms with E-state index in [-0.39, 0.29) is 22.6 Å². The van der Waals surface area contributed by atoms with Gasteiger partial charge >= 0.3 is 5.69 Å². The minimum atomic E-state index is -0.694. The van der Waals surface area contributed by atoms with Crippen LogP contribution < -0.4 is 4.90 Å². The summed E-state index contributed by atoms with van der Waals surface area (Å²) in [4.78, 5) is 13.4. The first-order chi connectivity index (χ1) is 9.47. The Bertz CT molecular complexity index is 530. The van der Waals surface area contributed by atoms with Crippen LogP contribution in [-0.2, 0) is 0 Å². The second-order valence-corrected chi connectivity index (χ2v) is 6.81. The quantitative estimate of drug-likeness (QED) is 0.657. The maximum atomic E-state index is 11.2. The van der Waals surface area contributed by atoms with Gasteiger partial charge in [0, 0.05) is 30.0 Å². The van der Waals surface area contributed by atoms with Crippen molar-refractivity contribution in [1.29, 1.82) is 0 Å². The van der Waals surface area contributed by atoms with E-state index in [0.29, 0.717) is 22.3 Å². The Morgan fingerprint density at radius 3 is 2.85 bits per heavy atom. The zero-order chi connectivity index (χ0) is 14.4. The van der Waals surface area contributed by atoms with E-state index in [2.05, 4.69) is 0 Å². The number of nitro groups is 1. The standard InChI is InChI=1S/C13H18N2O4S/c1-7(16)12-4-10(15(18)19)13(20-12)14-5-8-2-3-11(17)9(8)6-14/h4,7-9,11,16-17H,2-3,5-6H2,1H3/t7-,8?,9?,11?/m0/s1. The molecule has 0 amide bonds. The molecule has 1 saturated carbocycles. The van der Waals surface area contributed by atoms with Crippen molar-refractivity contribution in [2.24, 2.45) is 11.8 Å². The van der Waals surface area contributed by atoms with E-state index < -0.39 is 6.10 Å². The van der Waals surface area contributed by atoms with Crippen LogP contribution in [0.4, 0.5) is 10.7 Å². The summed E-state index contributed by atoms with van der Waals surface area (Å²) in [6.45, 7) is 3.05. The van der Waals surface area contributed by atoms with Crippen LogP contribution in [0.1, 0.15) is 30.7 Å². The largest absolute Gasteiger partial charge is 0.393 e. The average molecular weight is 298 g/mol. The molecule has 6 nitrogen and oxygen atoms in total. The molecular formula is C13H18N2O4S. The number of aliphatic hydroxyl groups excluding tert-OH is 2. The fraction of sp³-hybridized carbons (Fsp3) is 0.692. The van der Waals surface area contributed by atoms with E-state index in [4.69, 9.17) is 0 Å². The predicted octanol–water partition coefficient (Wildman–Crippen LogP) is 1.92. The summed E-state index contributed by atoms with van der Waals surface area (Å²) in [6.07, 6.45) is 0.861. The number of aliphatic hydroxyl groups is 2. The van der Waals surface area contributed by atoms with Crippen LogP contribution in [0.25, 0.3) is 0 Å². The van der Waals surface area contributed by atoms with E-state index in [1.165, 1.54) is 17.4 Å². The molecule has 1 aromatic rings. The van der Waals surface area contributed by atoms with Gasteiger partial charge in [0.25, 0.3) is 0 Å². The van der Waals surface area contributed by atoms with Crippen LogP contribution in [0.2, 0.25) is 0 Å². The molecule has 7 heteroatoms. The predicted molar refractivity (Wildman–Crippen MR) is 76.0 cm³/mol. The summed E-state index contributed by atoms with van der Waals surface area (Å²) in [5.74, 6) is 0.661. The van der Waals surface area contributed by atoms with Gasteiger partial charge < -0.3 is 15.1 Å². The molecule has 0 radical (unpaired) electrons. The first-order valence-corrected chi connectivity index (χ1v) is 7.68. The highest BCUT2D eigenvalue weighted by molar-refractivity contribution is 7.16. The lowest BCUT2D eigenvalue weighted by molar-refractivity contribution is -0.383. The van der Waals surface area contributed by atoms with Crippen molar-refractivity contribution < 1.29 is 15.1 Å². The molecule has 0 spiro atoms. The van der Waals surface area contributed by atoms with Crippen LogP contribution in [0.5, 0.6) is 0 Å². The third-order valence-corrected chi connectivity index (χ3v) is 5.78. The van der Waals surface area contributed by atoms with E-state index in [1.807, 2.05) is 4.90 Å². The molecule has 1 aliphatic carbocycles. The highest BCUT2D eigenvalue weighted by Crippen LogP contribution is 2.46. The Kier molecular flexibility index (Phi) is 3.43. The summed E-state index contributed by atoms with van der Waals surface area (Å²) in [6, 6.07) is 1.47. The molecule has 20 heavy (non-hydrogen) atoms. The summed E-state index contributed by atoms with van der Waals surface area (Å²) in [5.41, 5.74) is 0.0698. The van der Waals surface area contributed by atoms with Gasteiger partial charge in [-0.1, -0.05) is 0 Å². The third kappa shape index (κ3) is 2.19. The highest BCUT2D eigenvalue weighted by atomic mass is 32.1. The number of anilines is 1. The number of nitrogens with zero attached hydrogens (tertiary/aromatic N) is 2. The Hall–Kier alpha value is -1.18. The first kappa shape index (κ1) is 13.8. The van der Waals surface area contributed by atoms with Crippen LogP contribution in [0, 0.1) is 22.0 Å². The fourth-order valence-electron chi connectivity index (χ4n) is 3.36. The molecule has 2 N–H and O–H groups in total. The van der Waals surface area contributed by atoms with Gasteiger partial charge in [-0.2, -0.15) is 0 Å².